The average molecular weight is 383 g/mol. The van der Waals surface area contributed by atoms with E-state index in [2.05, 4.69) is 5.32 Å². The van der Waals surface area contributed by atoms with Gasteiger partial charge in [-0.05, 0) is 57.6 Å². The Morgan fingerprint density at radius 1 is 1.14 bits per heavy atom. The number of furan rings is 1. The molecule has 5 rings (SSSR count). The molecule has 2 aliphatic carbocycles. The van der Waals surface area contributed by atoms with E-state index in [-0.39, 0.29) is 17.6 Å². The summed E-state index contributed by atoms with van der Waals surface area (Å²) >= 11 is 0. The quantitative estimate of drug-likeness (QED) is 0.771. The summed E-state index contributed by atoms with van der Waals surface area (Å²) in [6.07, 6.45) is 9.99. The molecular weight excluding hydrogens is 354 g/mol. The monoisotopic (exact) mass is 383 g/mol. The zero-order chi connectivity index (χ0) is 19.3. The number of carbonyl (C=O) groups is 1. The van der Waals surface area contributed by atoms with E-state index >= 15 is 0 Å². The summed E-state index contributed by atoms with van der Waals surface area (Å²) in [5.41, 5.74) is 1.99. The highest BCUT2D eigenvalue weighted by atomic mass is 16.5. The van der Waals surface area contributed by atoms with E-state index in [9.17, 15) is 9.90 Å². The van der Waals surface area contributed by atoms with E-state index in [0.717, 1.165) is 60.8 Å². The van der Waals surface area contributed by atoms with Crippen LogP contribution in [-0.2, 0) is 0 Å². The number of hydrogen-bond donors (Lipinski definition) is 2. The molecule has 2 aromatic rings. The first-order valence-corrected chi connectivity index (χ1v) is 10.8. The van der Waals surface area contributed by atoms with Crippen molar-refractivity contribution in [1.29, 1.82) is 0 Å². The number of carbonyl (C=O) groups excluding carboxylic acids is 1. The lowest BCUT2D eigenvalue weighted by Gasteiger charge is -2.43. The number of rotatable bonds is 2. The first-order chi connectivity index (χ1) is 13.6. The largest absolute Gasteiger partial charge is 0.487 e. The minimum Gasteiger partial charge on any atom is -0.487 e. The smallest absolute Gasteiger partial charge is 0.287 e. The van der Waals surface area contributed by atoms with Crippen molar-refractivity contribution in [1.82, 2.24) is 5.32 Å². The van der Waals surface area contributed by atoms with Gasteiger partial charge < -0.3 is 19.6 Å². The maximum Gasteiger partial charge on any atom is 0.287 e. The number of fused-ring (bicyclic) bond motifs is 3. The normalized spacial score (nSPS) is 24.3. The van der Waals surface area contributed by atoms with Crippen molar-refractivity contribution in [2.45, 2.75) is 88.9 Å². The first kappa shape index (κ1) is 18.0. The molecule has 2 N–H and O–H groups in total. The Labute approximate surface area is 165 Å². The Morgan fingerprint density at radius 2 is 1.89 bits per heavy atom. The maximum absolute atomic E-state index is 12.8. The number of ether oxygens (including phenoxy) is 1. The molecule has 1 unspecified atom stereocenters. The van der Waals surface area contributed by atoms with Gasteiger partial charge in [-0.15, -0.1) is 0 Å². The number of hydrogen-bond acceptors (Lipinski definition) is 4. The molecule has 5 nitrogen and oxygen atoms in total. The minimum absolute atomic E-state index is 0.149. The number of aliphatic hydroxyl groups is 1. The first-order valence-electron chi connectivity index (χ1n) is 10.8. The van der Waals surface area contributed by atoms with E-state index < -0.39 is 6.10 Å². The molecule has 1 spiro atoms. The molecule has 1 aromatic carbocycles. The van der Waals surface area contributed by atoms with Crippen LogP contribution in [0.5, 0.6) is 5.75 Å². The fourth-order valence-electron chi connectivity index (χ4n) is 5.54. The van der Waals surface area contributed by atoms with Crippen molar-refractivity contribution < 1.29 is 19.1 Å². The zero-order valence-corrected chi connectivity index (χ0v) is 16.6. The van der Waals surface area contributed by atoms with Gasteiger partial charge in [0.1, 0.15) is 16.9 Å². The third-order valence-corrected chi connectivity index (χ3v) is 6.98. The van der Waals surface area contributed by atoms with Gasteiger partial charge in [-0.3, -0.25) is 4.79 Å². The molecule has 2 saturated carbocycles. The predicted molar refractivity (Wildman–Crippen MR) is 107 cm³/mol. The molecule has 1 atom stereocenters. The maximum atomic E-state index is 12.8. The van der Waals surface area contributed by atoms with Gasteiger partial charge in [-0.25, -0.2) is 0 Å². The van der Waals surface area contributed by atoms with Crippen molar-refractivity contribution in [2.24, 2.45) is 0 Å². The van der Waals surface area contributed by atoms with Crippen molar-refractivity contribution >= 4 is 16.9 Å². The third kappa shape index (κ3) is 2.91. The topological polar surface area (TPSA) is 71.7 Å². The van der Waals surface area contributed by atoms with Crippen LogP contribution in [0.2, 0.25) is 0 Å². The molecule has 3 aliphatic rings. The van der Waals surface area contributed by atoms with Gasteiger partial charge in [0.25, 0.3) is 5.91 Å². The zero-order valence-electron chi connectivity index (χ0n) is 16.6. The number of amides is 1. The van der Waals surface area contributed by atoms with Crippen LogP contribution in [0, 0.1) is 6.92 Å². The lowest BCUT2D eigenvalue weighted by Crippen LogP contribution is -2.42. The van der Waals surface area contributed by atoms with Gasteiger partial charge in [-0.2, -0.15) is 0 Å². The van der Waals surface area contributed by atoms with Crippen LogP contribution in [0.25, 0.3) is 11.0 Å². The number of benzene rings is 1. The van der Waals surface area contributed by atoms with Gasteiger partial charge in [0.05, 0.1) is 6.10 Å². The fourth-order valence-corrected chi connectivity index (χ4v) is 5.54. The number of aryl methyl sites for hydroxylation is 1. The van der Waals surface area contributed by atoms with E-state index in [1.54, 1.807) is 0 Å². The summed E-state index contributed by atoms with van der Waals surface area (Å²) in [5.74, 6) is 0.963. The summed E-state index contributed by atoms with van der Waals surface area (Å²) in [4.78, 5) is 12.8. The Bertz CT molecular complexity index is 903. The lowest BCUT2D eigenvalue weighted by molar-refractivity contribution is -0.0373. The molecule has 150 valence electrons. The van der Waals surface area contributed by atoms with Crippen LogP contribution in [0.1, 0.15) is 92.0 Å². The number of aliphatic hydroxyl groups excluding tert-OH is 1. The highest BCUT2D eigenvalue weighted by molar-refractivity contribution is 6.00. The van der Waals surface area contributed by atoms with Crippen molar-refractivity contribution in [3.8, 4) is 5.75 Å². The molecule has 1 aromatic heterocycles. The molecule has 0 bridgehead atoms. The average Bonchev–Trinajstić information content (AvgIpc) is 3.30. The van der Waals surface area contributed by atoms with Crippen LogP contribution in [0.3, 0.4) is 0 Å². The molecule has 2 heterocycles. The second-order valence-corrected chi connectivity index (χ2v) is 8.93. The predicted octanol–water partition coefficient (Wildman–Crippen LogP) is 4.93. The molecule has 0 saturated heterocycles. The minimum atomic E-state index is -0.590. The van der Waals surface area contributed by atoms with E-state index in [1.807, 2.05) is 19.1 Å². The van der Waals surface area contributed by atoms with E-state index in [4.69, 9.17) is 9.15 Å². The Hall–Kier alpha value is -2.01. The van der Waals surface area contributed by atoms with Gasteiger partial charge >= 0.3 is 0 Å². The van der Waals surface area contributed by atoms with Gasteiger partial charge in [-0.1, -0.05) is 19.3 Å². The molecule has 28 heavy (non-hydrogen) atoms. The molecular formula is C23H29NO4. The standard InChI is InChI=1S/C23H29NO4/c1-14-19-17(27-21(14)22(26)24-15-7-3-4-8-15)9-10-18-20(19)16(25)13-23(28-18)11-5-2-6-12-23/h9-10,15-16,25H,2-8,11-13H2,1H3,(H,24,26). The molecule has 2 fully saturated rings. The summed E-state index contributed by atoms with van der Waals surface area (Å²) in [6.45, 7) is 1.91. The SMILES string of the molecule is Cc1c(C(=O)NC2CCCC2)oc2ccc3c(c12)C(O)CC1(CCCCC1)O3. The fraction of sp³-hybridized carbons (Fsp3) is 0.609. The second kappa shape index (κ2) is 6.80. The van der Waals surface area contributed by atoms with Gasteiger partial charge in [0.2, 0.25) is 0 Å². The summed E-state index contributed by atoms with van der Waals surface area (Å²) in [7, 11) is 0. The van der Waals surface area contributed by atoms with Crippen LogP contribution in [0.15, 0.2) is 16.5 Å². The summed E-state index contributed by atoms with van der Waals surface area (Å²) < 4.78 is 12.4. The summed E-state index contributed by atoms with van der Waals surface area (Å²) in [5, 5.41) is 15.0. The van der Waals surface area contributed by atoms with Crippen LogP contribution in [-0.4, -0.2) is 22.7 Å². The van der Waals surface area contributed by atoms with Crippen molar-refractivity contribution in [3.05, 3.63) is 29.0 Å². The van der Waals surface area contributed by atoms with E-state index in [0.29, 0.717) is 17.8 Å². The molecule has 1 amide bonds. The Kier molecular flexibility index (Phi) is 4.38. The van der Waals surface area contributed by atoms with Crippen LogP contribution in [0.4, 0.5) is 0 Å². The third-order valence-electron chi connectivity index (χ3n) is 6.98. The van der Waals surface area contributed by atoms with Crippen molar-refractivity contribution in [3.63, 3.8) is 0 Å². The Morgan fingerprint density at radius 3 is 2.64 bits per heavy atom. The molecule has 5 heteroatoms. The highest BCUT2D eigenvalue weighted by Gasteiger charge is 2.42. The van der Waals surface area contributed by atoms with Gasteiger partial charge in [0.15, 0.2) is 5.76 Å². The molecule has 1 aliphatic heterocycles. The lowest BCUT2D eigenvalue weighted by atomic mass is 9.77. The Balaban J connectivity index is 1.51. The second-order valence-electron chi connectivity index (χ2n) is 8.93. The summed E-state index contributed by atoms with van der Waals surface area (Å²) in [6, 6.07) is 4.02. The van der Waals surface area contributed by atoms with Crippen LogP contribution >= 0.6 is 0 Å². The molecule has 0 radical (unpaired) electrons. The number of nitrogens with one attached hydrogen (secondary N) is 1. The van der Waals surface area contributed by atoms with Gasteiger partial charge in [0, 0.05) is 29.0 Å². The highest BCUT2D eigenvalue weighted by Crippen LogP contribution is 2.49. The van der Waals surface area contributed by atoms with E-state index in [1.165, 1.54) is 19.3 Å². The van der Waals surface area contributed by atoms with Crippen molar-refractivity contribution in [2.75, 3.05) is 0 Å². The van der Waals surface area contributed by atoms with Crippen LogP contribution < -0.4 is 10.1 Å².